The number of piperidine rings is 1. The number of amides is 1. The van der Waals surface area contributed by atoms with E-state index in [9.17, 15) is 13.2 Å². The predicted octanol–water partition coefficient (Wildman–Crippen LogP) is 4.76. The fourth-order valence-corrected chi connectivity index (χ4v) is 7.57. The lowest BCUT2D eigenvalue weighted by molar-refractivity contribution is -0.137. The van der Waals surface area contributed by atoms with Crippen molar-refractivity contribution in [1.29, 1.82) is 0 Å². The molecule has 5 rings (SSSR count). The Morgan fingerprint density at radius 3 is 2.50 bits per heavy atom. The minimum atomic E-state index is -3.88. The maximum Gasteiger partial charge on any atom is 0.244 e. The minimum Gasteiger partial charge on any atom is -0.345 e. The van der Waals surface area contributed by atoms with Crippen molar-refractivity contribution in [3.8, 4) is 0 Å². The fourth-order valence-electron chi connectivity index (χ4n) is 5.73. The zero-order valence-corrected chi connectivity index (χ0v) is 21.8. The number of nitrogens with one attached hydrogen (secondary N) is 1. The zero-order valence-electron chi connectivity index (χ0n) is 21.0. The highest BCUT2D eigenvalue weighted by Crippen LogP contribution is 2.32. The van der Waals surface area contributed by atoms with Crippen molar-refractivity contribution in [3.05, 3.63) is 60.4 Å². The van der Waals surface area contributed by atoms with Crippen LogP contribution in [0.4, 0.5) is 0 Å². The summed E-state index contributed by atoms with van der Waals surface area (Å²) in [4.78, 5) is 23.8. The van der Waals surface area contributed by atoms with Gasteiger partial charge in [0.05, 0.1) is 22.3 Å². The van der Waals surface area contributed by atoms with Gasteiger partial charge in [-0.2, -0.15) is 4.31 Å². The lowest BCUT2D eigenvalue weighted by Crippen LogP contribution is -2.56. The molecule has 7 nitrogen and oxygen atoms in total. The highest BCUT2D eigenvalue weighted by molar-refractivity contribution is 7.89. The van der Waals surface area contributed by atoms with Crippen LogP contribution in [0.5, 0.6) is 0 Å². The number of nitrogens with zero attached hydrogens (tertiary/aromatic N) is 3. The van der Waals surface area contributed by atoms with E-state index < -0.39 is 16.1 Å². The summed E-state index contributed by atoms with van der Waals surface area (Å²) in [6.07, 6.45) is 8.53. The van der Waals surface area contributed by atoms with E-state index in [4.69, 9.17) is 0 Å². The number of hydrogen-bond donors (Lipinski definition) is 1. The third kappa shape index (κ3) is 5.20. The Kier molecular flexibility index (Phi) is 7.44. The van der Waals surface area contributed by atoms with Crippen molar-refractivity contribution in [2.75, 3.05) is 13.1 Å². The monoisotopic (exact) mass is 508 g/mol. The smallest absolute Gasteiger partial charge is 0.244 e. The Morgan fingerprint density at radius 2 is 1.78 bits per heavy atom. The van der Waals surface area contributed by atoms with Crippen molar-refractivity contribution < 1.29 is 13.2 Å². The van der Waals surface area contributed by atoms with Crippen molar-refractivity contribution in [2.45, 2.75) is 75.3 Å². The molecule has 1 unspecified atom stereocenters. The van der Waals surface area contributed by atoms with Crippen LogP contribution >= 0.6 is 0 Å². The topological polar surface area (TPSA) is 86.4 Å². The molecular weight excluding hydrogens is 472 g/mol. The standard InChI is InChI=1S/C28H36N4O3S/c1-21-14-16-31(17-15-21)28(33)27(19-22-12-13-25-26(18-22)30-20-29-25)32(23-8-4-2-5-9-23)36(34,35)24-10-6-3-7-11-24/h3,6-7,10-13,18,20-21,23,27H,2,4-5,8-9,14-17,19H2,1H3,(H,29,30). The van der Waals surface area contributed by atoms with E-state index in [0.29, 0.717) is 25.4 Å². The number of rotatable bonds is 7. The third-order valence-corrected chi connectivity index (χ3v) is 9.83. The molecule has 8 heteroatoms. The van der Waals surface area contributed by atoms with Gasteiger partial charge in [-0.05, 0) is 67.9 Å². The van der Waals surface area contributed by atoms with E-state index in [2.05, 4.69) is 16.9 Å². The number of imidazole rings is 1. The van der Waals surface area contributed by atoms with E-state index >= 15 is 0 Å². The Bertz CT molecular complexity index is 1280. The molecule has 1 amide bonds. The van der Waals surface area contributed by atoms with Gasteiger partial charge in [0.25, 0.3) is 0 Å². The van der Waals surface area contributed by atoms with Crippen LogP contribution in [0, 0.1) is 5.92 Å². The summed E-state index contributed by atoms with van der Waals surface area (Å²) in [7, 11) is -3.88. The molecule has 36 heavy (non-hydrogen) atoms. The van der Waals surface area contributed by atoms with Gasteiger partial charge in [-0.15, -0.1) is 0 Å². The van der Waals surface area contributed by atoms with Gasteiger partial charge in [-0.3, -0.25) is 4.79 Å². The van der Waals surface area contributed by atoms with Crippen molar-refractivity contribution >= 4 is 27.0 Å². The molecule has 1 N–H and O–H groups in total. The molecule has 1 aromatic heterocycles. The number of sulfonamides is 1. The number of hydrogen-bond acceptors (Lipinski definition) is 4. The number of H-pyrrole nitrogens is 1. The number of aromatic nitrogens is 2. The average Bonchev–Trinajstić information content (AvgIpc) is 3.37. The largest absolute Gasteiger partial charge is 0.345 e. The van der Waals surface area contributed by atoms with Crippen LogP contribution < -0.4 is 0 Å². The molecule has 0 spiro atoms. The van der Waals surface area contributed by atoms with Gasteiger partial charge < -0.3 is 9.88 Å². The second-order valence-corrected chi connectivity index (χ2v) is 12.3. The number of benzene rings is 2. The van der Waals surface area contributed by atoms with Gasteiger partial charge in [-0.1, -0.05) is 50.5 Å². The molecule has 2 heterocycles. The molecule has 2 fully saturated rings. The molecule has 3 aromatic rings. The van der Waals surface area contributed by atoms with Crippen molar-refractivity contribution in [3.63, 3.8) is 0 Å². The highest BCUT2D eigenvalue weighted by Gasteiger charge is 2.43. The quantitative estimate of drug-likeness (QED) is 0.499. The maximum atomic E-state index is 14.2. The molecule has 1 aliphatic heterocycles. The molecule has 1 atom stereocenters. The molecule has 1 saturated heterocycles. The van der Waals surface area contributed by atoms with Crippen LogP contribution in [0.3, 0.4) is 0 Å². The number of carbonyl (C=O) groups is 1. The molecule has 0 bridgehead atoms. The molecular formula is C28H36N4O3S. The normalized spacial score (nSPS) is 19.1. The van der Waals surface area contributed by atoms with Gasteiger partial charge in [0.15, 0.2) is 0 Å². The summed E-state index contributed by atoms with van der Waals surface area (Å²) in [6, 6.07) is 13.5. The number of aromatic amines is 1. The van der Waals surface area contributed by atoms with Crippen LogP contribution in [0.15, 0.2) is 59.8 Å². The van der Waals surface area contributed by atoms with E-state index in [1.807, 2.05) is 29.2 Å². The van der Waals surface area contributed by atoms with E-state index in [1.165, 1.54) is 0 Å². The van der Waals surface area contributed by atoms with Gasteiger partial charge in [-0.25, -0.2) is 13.4 Å². The summed E-state index contributed by atoms with van der Waals surface area (Å²) < 4.78 is 30.0. The first-order valence-electron chi connectivity index (χ1n) is 13.2. The number of likely N-dealkylation sites (tertiary alicyclic amines) is 1. The molecule has 2 aromatic carbocycles. The third-order valence-electron chi connectivity index (χ3n) is 7.85. The minimum absolute atomic E-state index is 0.0725. The van der Waals surface area contributed by atoms with Crippen molar-refractivity contribution in [2.24, 2.45) is 5.92 Å². The molecule has 1 saturated carbocycles. The zero-order chi connectivity index (χ0) is 25.1. The Labute approximate surface area is 214 Å². The van der Waals surface area contributed by atoms with Gasteiger partial charge in [0.2, 0.25) is 15.9 Å². The lowest BCUT2D eigenvalue weighted by Gasteiger charge is -2.41. The molecule has 2 aliphatic rings. The number of carbonyl (C=O) groups excluding carboxylic acids is 1. The van der Waals surface area contributed by atoms with E-state index in [0.717, 1.165) is 61.5 Å². The summed E-state index contributed by atoms with van der Waals surface area (Å²) in [5.74, 6) is 0.509. The van der Waals surface area contributed by atoms with Crippen LogP contribution in [0.25, 0.3) is 11.0 Å². The Hall–Kier alpha value is -2.71. The SMILES string of the molecule is CC1CCN(C(=O)C(Cc2ccc3nc[nH]c3c2)N(C2CCCCC2)S(=O)(=O)c2ccccc2)CC1. The second kappa shape index (κ2) is 10.7. The van der Waals surface area contributed by atoms with Crippen molar-refractivity contribution in [1.82, 2.24) is 19.2 Å². The predicted molar refractivity (Wildman–Crippen MR) is 141 cm³/mol. The fraction of sp³-hybridized carbons (Fsp3) is 0.500. The van der Waals surface area contributed by atoms with Gasteiger partial charge in [0, 0.05) is 19.1 Å². The van der Waals surface area contributed by atoms with Crippen LogP contribution in [0.1, 0.15) is 57.4 Å². The lowest BCUT2D eigenvalue weighted by atomic mass is 9.93. The van der Waals surface area contributed by atoms with Crippen LogP contribution in [-0.2, 0) is 21.2 Å². The Balaban J connectivity index is 1.57. The highest BCUT2D eigenvalue weighted by atomic mass is 32.2. The van der Waals surface area contributed by atoms with E-state index in [1.54, 1.807) is 34.9 Å². The summed E-state index contributed by atoms with van der Waals surface area (Å²) in [5.41, 5.74) is 2.67. The first-order chi connectivity index (χ1) is 17.4. The molecule has 0 radical (unpaired) electrons. The van der Waals surface area contributed by atoms with Crippen LogP contribution in [-0.4, -0.2) is 58.7 Å². The second-order valence-electron chi connectivity index (χ2n) is 10.4. The molecule has 192 valence electrons. The molecule has 1 aliphatic carbocycles. The van der Waals surface area contributed by atoms with E-state index in [-0.39, 0.29) is 16.8 Å². The maximum absolute atomic E-state index is 14.2. The van der Waals surface area contributed by atoms with Gasteiger partial charge in [0.1, 0.15) is 6.04 Å². The number of fused-ring (bicyclic) bond motifs is 1. The first kappa shape index (κ1) is 25.0. The Morgan fingerprint density at radius 1 is 1.06 bits per heavy atom. The summed E-state index contributed by atoms with van der Waals surface area (Å²) >= 11 is 0. The summed E-state index contributed by atoms with van der Waals surface area (Å²) in [6.45, 7) is 3.58. The first-order valence-corrected chi connectivity index (χ1v) is 14.7. The summed E-state index contributed by atoms with van der Waals surface area (Å²) in [5, 5.41) is 0. The van der Waals surface area contributed by atoms with Crippen LogP contribution in [0.2, 0.25) is 0 Å². The van der Waals surface area contributed by atoms with Gasteiger partial charge >= 0.3 is 0 Å². The average molecular weight is 509 g/mol.